The Hall–Kier alpha value is -3.93. The number of anilines is 1. The molecule has 0 saturated heterocycles. The molecule has 12 nitrogen and oxygen atoms in total. The number of carbonyl (C=O) groups is 2. The number of nitrogens with zero attached hydrogens (tertiary/aromatic N) is 7. The fourth-order valence-corrected chi connectivity index (χ4v) is 4.17. The lowest BCUT2D eigenvalue weighted by atomic mass is 10.2. The summed E-state index contributed by atoms with van der Waals surface area (Å²) in [6.45, 7) is 6.96. The van der Waals surface area contributed by atoms with E-state index >= 15 is 0 Å². The van der Waals surface area contributed by atoms with Gasteiger partial charge in [-0.2, -0.15) is 4.79 Å². The third kappa shape index (κ3) is 8.28. The summed E-state index contributed by atoms with van der Waals surface area (Å²) < 4.78 is 6.71. The van der Waals surface area contributed by atoms with E-state index in [9.17, 15) is 14.4 Å². The van der Waals surface area contributed by atoms with Gasteiger partial charge in [-0.05, 0) is 51.5 Å². The molecule has 0 unspecified atom stereocenters. The maximum atomic E-state index is 13.4. The highest BCUT2D eigenvalue weighted by Gasteiger charge is 2.29. The van der Waals surface area contributed by atoms with Crippen LogP contribution in [-0.4, -0.2) is 66.6 Å². The van der Waals surface area contributed by atoms with E-state index < -0.39 is 17.1 Å². The van der Waals surface area contributed by atoms with E-state index in [-0.39, 0.29) is 30.2 Å². The molecule has 1 N–H and O–H groups in total. The number of halogens is 1. The summed E-state index contributed by atoms with van der Waals surface area (Å²) in [6, 6.07) is 9.41. The summed E-state index contributed by atoms with van der Waals surface area (Å²) in [7, 11) is 0. The zero-order chi connectivity index (χ0) is 28.7. The first-order valence-corrected chi connectivity index (χ1v) is 13.6. The molecular formula is C27H35ClN8O4. The molecule has 0 bridgehead atoms. The molecule has 0 aliphatic heterocycles. The zero-order valence-electron chi connectivity index (χ0n) is 23.0. The van der Waals surface area contributed by atoms with Crippen molar-refractivity contribution in [1.29, 1.82) is 0 Å². The third-order valence-electron chi connectivity index (χ3n) is 6.14. The molecule has 0 atom stereocenters. The monoisotopic (exact) mass is 570 g/mol. The molecule has 1 aromatic carbocycles. The van der Waals surface area contributed by atoms with E-state index in [0.717, 1.165) is 23.0 Å². The van der Waals surface area contributed by atoms with Gasteiger partial charge in [0.15, 0.2) is 5.82 Å². The number of amides is 2. The molecule has 2 aromatic heterocycles. The number of benzene rings is 1. The topological polar surface area (TPSA) is 127 Å². The summed E-state index contributed by atoms with van der Waals surface area (Å²) >= 11 is 6.29. The molecule has 4 rings (SSSR count). The van der Waals surface area contributed by atoms with Crippen molar-refractivity contribution in [1.82, 2.24) is 29.3 Å². The smallest absolute Gasteiger partial charge is 0.410 e. The summed E-state index contributed by atoms with van der Waals surface area (Å²) in [4.78, 5) is 50.3. The Morgan fingerprint density at radius 3 is 2.60 bits per heavy atom. The second-order valence-electron chi connectivity index (χ2n) is 10.7. The summed E-state index contributed by atoms with van der Waals surface area (Å²) in [5.41, 5.74) is -0.220. The minimum atomic E-state index is -0.572. The molecule has 214 valence electrons. The van der Waals surface area contributed by atoms with E-state index in [0.29, 0.717) is 32.0 Å². The molecule has 0 radical (unpaired) electrons. The molecule has 1 saturated carbocycles. The van der Waals surface area contributed by atoms with Gasteiger partial charge in [-0.15, -0.1) is 5.10 Å². The molecule has 2 amide bonds. The van der Waals surface area contributed by atoms with Crippen LogP contribution in [0.2, 0.25) is 5.15 Å². The van der Waals surface area contributed by atoms with Gasteiger partial charge in [0.25, 0.3) is 11.5 Å². The molecule has 13 heteroatoms. The van der Waals surface area contributed by atoms with Crippen molar-refractivity contribution in [3.8, 4) is 0 Å². The lowest BCUT2D eigenvalue weighted by Crippen LogP contribution is -2.44. The van der Waals surface area contributed by atoms with E-state index in [1.54, 1.807) is 4.90 Å². The van der Waals surface area contributed by atoms with E-state index in [2.05, 4.69) is 20.4 Å². The highest BCUT2D eigenvalue weighted by atomic mass is 35.5. The maximum Gasteiger partial charge on any atom is 0.410 e. The van der Waals surface area contributed by atoms with Gasteiger partial charge in [-0.1, -0.05) is 41.9 Å². The molecule has 1 aliphatic rings. The predicted molar refractivity (Wildman–Crippen MR) is 151 cm³/mol. The van der Waals surface area contributed by atoms with Gasteiger partial charge in [0, 0.05) is 19.6 Å². The Morgan fingerprint density at radius 2 is 1.95 bits per heavy atom. The SMILES string of the molecule is CC(C)(C)OC(=O)N(CCCNc1ncc(Cl)n(CC(=O)N(Cc2ccccc2)n2cncn2)c1=O)CC1CC1. The predicted octanol–water partition coefficient (Wildman–Crippen LogP) is 3.30. The Labute approximate surface area is 237 Å². The molecule has 3 aromatic rings. The standard InChI is InChI=1S/C27H35ClN8O4/c1-27(2,3)40-26(39)33(15-21-10-11-21)13-7-12-30-24-25(38)34(22(28)14-31-24)17-23(37)35(36-19-29-18-32-36)16-20-8-5-4-6-9-20/h4-6,8-9,14,18-19,21H,7,10-13,15-17H2,1-3H3,(H,30,31). The molecule has 1 fully saturated rings. The van der Waals surface area contributed by atoms with Gasteiger partial charge in [0.2, 0.25) is 0 Å². The summed E-state index contributed by atoms with van der Waals surface area (Å²) in [5.74, 6) is 0.171. The van der Waals surface area contributed by atoms with Crippen molar-refractivity contribution in [3.05, 3.63) is 70.3 Å². The minimum absolute atomic E-state index is 0.0303. The van der Waals surface area contributed by atoms with Crippen LogP contribution < -0.4 is 15.9 Å². The van der Waals surface area contributed by atoms with Crippen molar-refractivity contribution in [2.45, 2.75) is 58.7 Å². The van der Waals surface area contributed by atoms with Crippen LogP contribution in [0.3, 0.4) is 0 Å². The van der Waals surface area contributed by atoms with Crippen molar-refractivity contribution in [3.63, 3.8) is 0 Å². The maximum absolute atomic E-state index is 13.4. The number of ether oxygens (including phenoxy) is 1. The number of nitrogens with one attached hydrogen (secondary N) is 1. The normalized spacial score (nSPS) is 13.1. The molecule has 1 aliphatic carbocycles. The van der Waals surface area contributed by atoms with Crippen molar-refractivity contribution < 1.29 is 14.3 Å². The first kappa shape index (κ1) is 29.1. The second kappa shape index (κ2) is 12.9. The first-order valence-electron chi connectivity index (χ1n) is 13.3. The summed E-state index contributed by atoms with van der Waals surface area (Å²) in [6.07, 6.45) is 6.54. The minimum Gasteiger partial charge on any atom is -0.444 e. The molecular weight excluding hydrogens is 536 g/mol. The lowest BCUT2D eigenvalue weighted by molar-refractivity contribution is -0.121. The van der Waals surface area contributed by atoms with Crippen LogP contribution in [0.1, 0.15) is 45.6 Å². The lowest BCUT2D eigenvalue weighted by Gasteiger charge is -2.27. The largest absolute Gasteiger partial charge is 0.444 e. The van der Waals surface area contributed by atoms with Crippen LogP contribution in [0.25, 0.3) is 0 Å². The van der Waals surface area contributed by atoms with Crippen LogP contribution in [0.5, 0.6) is 0 Å². The van der Waals surface area contributed by atoms with E-state index in [4.69, 9.17) is 16.3 Å². The Morgan fingerprint density at radius 1 is 1.20 bits per heavy atom. The highest BCUT2D eigenvalue weighted by Crippen LogP contribution is 2.30. The zero-order valence-corrected chi connectivity index (χ0v) is 23.8. The van der Waals surface area contributed by atoms with Crippen LogP contribution in [0.15, 0.2) is 54.0 Å². The van der Waals surface area contributed by atoms with Gasteiger partial charge in [0.1, 0.15) is 30.0 Å². The van der Waals surface area contributed by atoms with E-state index in [1.807, 2.05) is 51.1 Å². The molecule has 40 heavy (non-hydrogen) atoms. The number of hydrogen-bond donors (Lipinski definition) is 1. The van der Waals surface area contributed by atoms with Crippen molar-refractivity contribution in [2.75, 3.05) is 30.0 Å². The fraction of sp³-hybridized carbons (Fsp3) is 0.481. The highest BCUT2D eigenvalue weighted by molar-refractivity contribution is 6.29. The van der Waals surface area contributed by atoms with Crippen LogP contribution in [0, 0.1) is 5.92 Å². The van der Waals surface area contributed by atoms with Gasteiger partial charge in [-0.3, -0.25) is 14.2 Å². The number of rotatable bonds is 12. The Bertz CT molecular complexity index is 1340. The van der Waals surface area contributed by atoms with Crippen molar-refractivity contribution in [2.24, 2.45) is 5.92 Å². The fourth-order valence-electron chi connectivity index (χ4n) is 3.98. The number of hydrogen-bond acceptors (Lipinski definition) is 8. The number of aromatic nitrogens is 5. The average molecular weight is 571 g/mol. The Balaban J connectivity index is 1.39. The van der Waals surface area contributed by atoms with Gasteiger partial charge in [-0.25, -0.2) is 19.8 Å². The van der Waals surface area contributed by atoms with Crippen LogP contribution in [0.4, 0.5) is 10.6 Å². The van der Waals surface area contributed by atoms with Crippen LogP contribution in [-0.2, 0) is 22.6 Å². The van der Waals surface area contributed by atoms with Gasteiger partial charge in [0.05, 0.1) is 12.7 Å². The van der Waals surface area contributed by atoms with Gasteiger partial charge >= 0.3 is 6.09 Å². The van der Waals surface area contributed by atoms with E-state index in [1.165, 1.54) is 28.7 Å². The van der Waals surface area contributed by atoms with Crippen LogP contribution >= 0.6 is 11.6 Å². The quantitative estimate of drug-likeness (QED) is 0.329. The van der Waals surface area contributed by atoms with Gasteiger partial charge < -0.3 is 15.0 Å². The number of carbonyl (C=O) groups excluding carboxylic acids is 2. The molecule has 0 spiro atoms. The summed E-state index contributed by atoms with van der Waals surface area (Å²) in [5, 5.41) is 8.52. The first-order chi connectivity index (χ1) is 19.1. The third-order valence-corrected chi connectivity index (χ3v) is 6.44. The average Bonchev–Trinajstić information content (AvgIpc) is 3.56. The second-order valence-corrected chi connectivity index (χ2v) is 11.1. The van der Waals surface area contributed by atoms with Crippen molar-refractivity contribution >= 4 is 29.4 Å². The Kier molecular flexibility index (Phi) is 9.41. The molecule has 2 heterocycles.